The molecule has 1 amide bonds. The van der Waals surface area contributed by atoms with Gasteiger partial charge in [0.05, 0.1) is 15.6 Å². The van der Waals surface area contributed by atoms with Crippen molar-refractivity contribution < 1.29 is 4.79 Å². The number of piperidine rings is 1. The van der Waals surface area contributed by atoms with Crippen molar-refractivity contribution in [2.75, 3.05) is 25.0 Å². The van der Waals surface area contributed by atoms with Crippen molar-refractivity contribution in [3.8, 4) is 0 Å². The predicted octanol–water partition coefficient (Wildman–Crippen LogP) is 2.91. The lowest BCUT2D eigenvalue weighted by molar-refractivity contribution is -0.124. The first-order valence-corrected chi connectivity index (χ1v) is 7.90. The van der Waals surface area contributed by atoms with E-state index >= 15 is 0 Å². The Labute approximate surface area is 126 Å². The number of hydrogen-bond acceptors (Lipinski definition) is 4. The zero-order valence-electron chi connectivity index (χ0n) is 11.2. The van der Waals surface area contributed by atoms with Crippen LogP contribution in [0.3, 0.4) is 0 Å². The van der Waals surface area contributed by atoms with E-state index in [1.54, 1.807) is 18.4 Å². The Hall–Kier alpha value is -1.33. The zero-order valence-corrected chi connectivity index (χ0v) is 12.8. The van der Waals surface area contributed by atoms with Gasteiger partial charge >= 0.3 is 0 Å². The molecule has 1 aromatic carbocycles. The zero-order chi connectivity index (χ0) is 14.1. The highest BCUT2D eigenvalue weighted by Gasteiger charge is 2.26. The number of hydrogen-bond donors (Lipinski definition) is 1. The van der Waals surface area contributed by atoms with Crippen molar-refractivity contribution in [1.82, 2.24) is 10.3 Å². The number of aromatic nitrogens is 1. The summed E-state index contributed by atoms with van der Waals surface area (Å²) in [7, 11) is 1.69. The van der Waals surface area contributed by atoms with Gasteiger partial charge in [-0.05, 0) is 25.0 Å². The average Bonchev–Trinajstić information content (AvgIpc) is 2.92. The molecule has 1 unspecified atom stereocenters. The SMILES string of the molecule is CNC(=O)C1CCCN(c2nc3c(Cl)cccc3s2)C1. The van der Waals surface area contributed by atoms with Crippen LogP contribution in [0.4, 0.5) is 5.13 Å². The Kier molecular flexibility index (Phi) is 3.81. The standard InChI is InChI=1S/C14H16ClN3OS/c1-16-13(19)9-4-3-7-18(8-9)14-17-12-10(15)5-2-6-11(12)20-14/h2,5-6,9H,3-4,7-8H2,1H3,(H,16,19). The van der Waals surface area contributed by atoms with Gasteiger partial charge in [0.1, 0.15) is 5.52 Å². The third kappa shape index (κ3) is 2.47. The van der Waals surface area contributed by atoms with E-state index in [1.165, 1.54) is 0 Å². The molecule has 1 fully saturated rings. The lowest BCUT2D eigenvalue weighted by Crippen LogP contribution is -2.42. The molecule has 2 aromatic rings. The van der Waals surface area contributed by atoms with E-state index in [2.05, 4.69) is 15.2 Å². The Morgan fingerprint density at radius 3 is 3.15 bits per heavy atom. The minimum Gasteiger partial charge on any atom is -0.359 e. The van der Waals surface area contributed by atoms with Crippen molar-refractivity contribution in [2.24, 2.45) is 5.92 Å². The minimum atomic E-state index is 0.0521. The molecule has 0 spiro atoms. The Morgan fingerprint density at radius 1 is 1.55 bits per heavy atom. The van der Waals surface area contributed by atoms with Crippen LogP contribution in [-0.2, 0) is 4.79 Å². The van der Waals surface area contributed by atoms with Crippen molar-refractivity contribution >= 4 is 44.2 Å². The highest BCUT2D eigenvalue weighted by Crippen LogP contribution is 2.34. The molecule has 1 aliphatic rings. The van der Waals surface area contributed by atoms with E-state index in [9.17, 15) is 4.79 Å². The first kappa shape index (κ1) is 13.6. The number of halogens is 1. The fourth-order valence-corrected chi connectivity index (χ4v) is 3.91. The number of benzene rings is 1. The second-order valence-electron chi connectivity index (χ2n) is 4.98. The van der Waals surface area contributed by atoms with Gasteiger partial charge in [0, 0.05) is 20.1 Å². The number of para-hydroxylation sites is 1. The molecular formula is C14H16ClN3OS. The summed E-state index contributed by atoms with van der Waals surface area (Å²) in [6.45, 7) is 1.68. The molecule has 0 radical (unpaired) electrons. The van der Waals surface area contributed by atoms with Crippen LogP contribution in [0.1, 0.15) is 12.8 Å². The molecule has 1 aliphatic heterocycles. The summed E-state index contributed by atoms with van der Waals surface area (Å²) in [5.74, 6) is 0.171. The van der Waals surface area contributed by atoms with E-state index in [0.717, 1.165) is 41.3 Å². The van der Waals surface area contributed by atoms with E-state index in [-0.39, 0.29) is 11.8 Å². The first-order valence-electron chi connectivity index (χ1n) is 6.70. The Bertz CT molecular complexity index is 642. The topological polar surface area (TPSA) is 45.2 Å². The maximum absolute atomic E-state index is 11.8. The van der Waals surface area contributed by atoms with Gasteiger partial charge in [-0.25, -0.2) is 4.98 Å². The molecule has 1 saturated heterocycles. The molecule has 20 heavy (non-hydrogen) atoms. The molecule has 1 aromatic heterocycles. The summed E-state index contributed by atoms with van der Waals surface area (Å²) in [4.78, 5) is 18.6. The third-order valence-electron chi connectivity index (χ3n) is 3.67. The van der Waals surface area contributed by atoms with Crippen LogP contribution in [-0.4, -0.2) is 31.0 Å². The van der Waals surface area contributed by atoms with Crippen molar-refractivity contribution in [2.45, 2.75) is 12.8 Å². The van der Waals surface area contributed by atoms with Gasteiger partial charge in [-0.2, -0.15) is 0 Å². The van der Waals surface area contributed by atoms with Crippen molar-refractivity contribution in [1.29, 1.82) is 0 Å². The number of nitrogens with one attached hydrogen (secondary N) is 1. The summed E-state index contributed by atoms with van der Waals surface area (Å²) in [6.07, 6.45) is 1.96. The fourth-order valence-electron chi connectivity index (χ4n) is 2.61. The first-order chi connectivity index (χ1) is 9.69. The maximum atomic E-state index is 11.8. The van der Waals surface area contributed by atoms with Gasteiger partial charge < -0.3 is 10.2 Å². The summed E-state index contributed by atoms with van der Waals surface area (Å²) >= 11 is 7.81. The maximum Gasteiger partial charge on any atom is 0.224 e. The van der Waals surface area contributed by atoms with E-state index in [1.807, 2.05) is 18.2 Å². The molecule has 1 atom stereocenters. The summed E-state index contributed by atoms with van der Waals surface area (Å²) in [6, 6.07) is 5.83. The summed E-state index contributed by atoms with van der Waals surface area (Å²) < 4.78 is 1.09. The number of amides is 1. The lowest BCUT2D eigenvalue weighted by Gasteiger charge is -2.31. The lowest BCUT2D eigenvalue weighted by atomic mass is 9.98. The molecule has 4 nitrogen and oxygen atoms in total. The van der Waals surface area contributed by atoms with Crippen LogP contribution in [0.25, 0.3) is 10.2 Å². The minimum absolute atomic E-state index is 0.0521. The van der Waals surface area contributed by atoms with E-state index in [0.29, 0.717) is 5.02 Å². The van der Waals surface area contributed by atoms with Crippen molar-refractivity contribution in [3.63, 3.8) is 0 Å². The second-order valence-corrected chi connectivity index (χ2v) is 6.40. The normalized spacial score (nSPS) is 19.3. The second kappa shape index (κ2) is 5.58. The molecule has 0 aliphatic carbocycles. The molecule has 2 heterocycles. The average molecular weight is 310 g/mol. The third-order valence-corrected chi connectivity index (χ3v) is 5.05. The Balaban J connectivity index is 1.87. The van der Waals surface area contributed by atoms with Gasteiger partial charge in [0.15, 0.2) is 5.13 Å². The summed E-state index contributed by atoms with van der Waals surface area (Å²) in [5.41, 5.74) is 0.858. The van der Waals surface area contributed by atoms with Crippen LogP contribution < -0.4 is 10.2 Å². The number of anilines is 1. The number of rotatable bonds is 2. The van der Waals surface area contributed by atoms with Gasteiger partial charge in [-0.3, -0.25) is 4.79 Å². The highest BCUT2D eigenvalue weighted by molar-refractivity contribution is 7.22. The molecule has 106 valence electrons. The quantitative estimate of drug-likeness (QED) is 0.928. The monoisotopic (exact) mass is 309 g/mol. The van der Waals surface area contributed by atoms with Crippen LogP contribution in [0.15, 0.2) is 18.2 Å². The number of fused-ring (bicyclic) bond motifs is 1. The molecular weight excluding hydrogens is 294 g/mol. The van der Waals surface area contributed by atoms with Gasteiger partial charge in [0.2, 0.25) is 5.91 Å². The van der Waals surface area contributed by atoms with Gasteiger partial charge in [-0.1, -0.05) is 29.0 Å². The smallest absolute Gasteiger partial charge is 0.224 e. The number of carbonyl (C=O) groups is 1. The summed E-state index contributed by atoms with van der Waals surface area (Å²) in [5, 5.41) is 4.38. The molecule has 0 bridgehead atoms. The largest absolute Gasteiger partial charge is 0.359 e. The van der Waals surface area contributed by atoms with Crippen LogP contribution >= 0.6 is 22.9 Å². The van der Waals surface area contributed by atoms with Crippen LogP contribution in [0, 0.1) is 5.92 Å². The van der Waals surface area contributed by atoms with Crippen LogP contribution in [0.5, 0.6) is 0 Å². The molecule has 0 saturated carbocycles. The molecule has 3 rings (SSSR count). The number of nitrogens with zero attached hydrogens (tertiary/aromatic N) is 2. The number of thiazole rings is 1. The van der Waals surface area contributed by atoms with E-state index < -0.39 is 0 Å². The van der Waals surface area contributed by atoms with Gasteiger partial charge in [-0.15, -0.1) is 0 Å². The van der Waals surface area contributed by atoms with E-state index in [4.69, 9.17) is 11.6 Å². The predicted molar refractivity (Wildman–Crippen MR) is 83.6 cm³/mol. The highest BCUT2D eigenvalue weighted by atomic mass is 35.5. The van der Waals surface area contributed by atoms with Gasteiger partial charge in [0.25, 0.3) is 0 Å². The molecule has 6 heteroatoms. The Morgan fingerprint density at radius 2 is 2.40 bits per heavy atom. The number of carbonyl (C=O) groups excluding carboxylic acids is 1. The van der Waals surface area contributed by atoms with Crippen molar-refractivity contribution in [3.05, 3.63) is 23.2 Å². The van der Waals surface area contributed by atoms with Crippen LogP contribution in [0.2, 0.25) is 5.02 Å². The fraction of sp³-hybridized carbons (Fsp3) is 0.429. The molecule has 1 N–H and O–H groups in total.